The van der Waals surface area contributed by atoms with Gasteiger partial charge in [-0.2, -0.15) is 0 Å². The molecule has 3 aromatic rings. The third kappa shape index (κ3) is 4.07. The van der Waals surface area contributed by atoms with Gasteiger partial charge in [0.05, 0.1) is 37.2 Å². The van der Waals surface area contributed by atoms with Crippen LogP contribution in [-0.2, 0) is 22.5 Å². The number of thiophene rings is 1. The number of morpholine rings is 1. The number of fused-ring (bicyclic) bond motifs is 1. The van der Waals surface area contributed by atoms with Crippen LogP contribution in [-0.4, -0.2) is 47.1 Å². The molecule has 1 aromatic carbocycles. The minimum atomic E-state index is -0.00476. The fraction of sp³-hybridized carbons (Fsp3) is 0.333. The van der Waals surface area contributed by atoms with E-state index in [9.17, 15) is 4.79 Å². The highest BCUT2D eigenvalue weighted by Gasteiger charge is 2.13. The van der Waals surface area contributed by atoms with Gasteiger partial charge in [0.1, 0.15) is 5.82 Å². The Balaban J connectivity index is 1.43. The highest BCUT2D eigenvalue weighted by molar-refractivity contribution is 7.10. The molecule has 6 nitrogen and oxygen atoms in total. The Hall–Kier alpha value is -2.22. The molecule has 7 heteroatoms. The number of ether oxygens (including phenoxy) is 1. The van der Waals surface area contributed by atoms with Gasteiger partial charge in [0, 0.05) is 23.7 Å². The van der Waals surface area contributed by atoms with Crippen LogP contribution < -0.4 is 5.32 Å². The molecule has 0 saturated carbocycles. The lowest BCUT2D eigenvalue weighted by atomic mass is 10.2. The van der Waals surface area contributed by atoms with Crippen LogP contribution in [0.3, 0.4) is 0 Å². The Kier molecular flexibility index (Phi) is 4.78. The van der Waals surface area contributed by atoms with Crippen molar-refractivity contribution in [1.29, 1.82) is 0 Å². The van der Waals surface area contributed by atoms with Gasteiger partial charge in [0.25, 0.3) is 0 Å². The molecule has 25 heavy (non-hydrogen) atoms. The van der Waals surface area contributed by atoms with E-state index in [1.165, 1.54) is 0 Å². The van der Waals surface area contributed by atoms with Gasteiger partial charge in [-0.15, -0.1) is 11.3 Å². The second-order valence-electron chi connectivity index (χ2n) is 6.11. The summed E-state index contributed by atoms with van der Waals surface area (Å²) in [5.74, 6) is 0.939. The molecule has 1 aliphatic heterocycles. The van der Waals surface area contributed by atoms with Crippen LogP contribution in [0.15, 0.2) is 35.7 Å². The van der Waals surface area contributed by atoms with E-state index < -0.39 is 0 Å². The molecule has 4 rings (SSSR count). The summed E-state index contributed by atoms with van der Waals surface area (Å²) in [5, 5.41) is 4.94. The zero-order valence-electron chi connectivity index (χ0n) is 13.8. The molecule has 2 aromatic heterocycles. The molecule has 1 fully saturated rings. The Morgan fingerprint density at radius 2 is 2.20 bits per heavy atom. The van der Waals surface area contributed by atoms with Crippen LogP contribution in [0.2, 0.25) is 0 Å². The first-order valence-corrected chi connectivity index (χ1v) is 9.25. The average molecular weight is 356 g/mol. The van der Waals surface area contributed by atoms with Crippen LogP contribution in [0.5, 0.6) is 0 Å². The Labute approximate surface area is 149 Å². The zero-order valence-corrected chi connectivity index (χ0v) is 14.6. The van der Waals surface area contributed by atoms with Gasteiger partial charge in [-0.05, 0) is 29.6 Å². The van der Waals surface area contributed by atoms with Crippen molar-refractivity contribution in [3.8, 4) is 0 Å². The first-order valence-electron chi connectivity index (χ1n) is 8.37. The zero-order chi connectivity index (χ0) is 17.1. The van der Waals surface area contributed by atoms with Crippen molar-refractivity contribution >= 4 is 34.0 Å². The standard InChI is InChI=1S/C18H20N4O2S/c23-18(11-14-2-1-9-25-14)19-13-3-4-15-16(10-13)21-17(20-15)12-22-5-7-24-8-6-22/h1-4,9-10H,5-8,11-12H2,(H,19,23)(H,20,21). The number of aromatic nitrogens is 2. The van der Waals surface area contributed by atoms with Crippen molar-refractivity contribution in [3.05, 3.63) is 46.4 Å². The van der Waals surface area contributed by atoms with E-state index >= 15 is 0 Å². The molecule has 3 heterocycles. The molecule has 1 aliphatic rings. The Morgan fingerprint density at radius 1 is 1.32 bits per heavy atom. The number of benzene rings is 1. The first-order chi connectivity index (χ1) is 12.3. The van der Waals surface area contributed by atoms with Crippen molar-refractivity contribution in [1.82, 2.24) is 14.9 Å². The number of imidazole rings is 1. The van der Waals surface area contributed by atoms with Gasteiger partial charge in [-0.1, -0.05) is 6.07 Å². The predicted molar refractivity (Wildman–Crippen MR) is 98.8 cm³/mol. The summed E-state index contributed by atoms with van der Waals surface area (Å²) in [6, 6.07) is 9.71. The van der Waals surface area contributed by atoms with E-state index in [-0.39, 0.29) is 5.91 Å². The molecule has 0 bridgehead atoms. The summed E-state index contributed by atoms with van der Waals surface area (Å²) in [4.78, 5) is 23.5. The maximum absolute atomic E-state index is 12.1. The minimum Gasteiger partial charge on any atom is -0.379 e. The average Bonchev–Trinajstić information content (AvgIpc) is 3.24. The molecule has 1 saturated heterocycles. The molecular weight excluding hydrogens is 336 g/mol. The van der Waals surface area contributed by atoms with E-state index in [1.54, 1.807) is 11.3 Å². The largest absolute Gasteiger partial charge is 0.379 e. The number of hydrogen-bond acceptors (Lipinski definition) is 5. The van der Waals surface area contributed by atoms with Crippen molar-refractivity contribution < 1.29 is 9.53 Å². The number of hydrogen-bond donors (Lipinski definition) is 2. The molecule has 0 unspecified atom stereocenters. The summed E-state index contributed by atoms with van der Waals surface area (Å²) in [6.45, 7) is 4.21. The van der Waals surface area contributed by atoms with Gasteiger partial charge in [0.15, 0.2) is 0 Å². The lowest BCUT2D eigenvalue weighted by Crippen LogP contribution is -2.35. The van der Waals surface area contributed by atoms with Crippen LogP contribution in [0, 0.1) is 0 Å². The summed E-state index contributed by atoms with van der Waals surface area (Å²) in [5.41, 5.74) is 2.65. The molecule has 130 valence electrons. The van der Waals surface area contributed by atoms with Gasteiger partial charge in [0.2, 0.25) is 5.91 Å². The number of H-pyrrole nitrogens is 1. The molecular formula is C18H20N4O2S. The normalized spacial score (nSPS) is 15.5. The number of rotatable bonds is 5. The molecule has 0 spiro atoms. The number of anilines is 1. The van der Waals surface area contributed by atoms with Crippen molar-refractivity contribution in [2.75, 3.05) is 31.6 Å². The molecule has 1 amide bonds. The predicted octanol–water partition coefficient (Wildman–Crippen LogP) is 2.64. The fourth-order valence-electron chi connectivity index (χ4n) is 2.96. The summed E-state index contributed by atoms with van der Waals surface area (Å²) < 4.78 is 5.37. The minimum absolute atomic E-state index is 0.00476. The smallest absolute Gasteiger partial charge is 0.229 e. The second kappa shape index (κ2) is 7.35. The van der Waals surface area contributed by atoms with Crippen LogP contribution in [0.1, 0.15) is 10.7 Å². The summed E-state index contributed by atoms with van der Waals surface area (Å²) in [7, 11) is 0. The third-order valence-corrected chi connectivity index (χ3v) is 5.08. The lowest BCUT2D eigenvalue weighted by molar-refractivity contribution is -0.115. The maximum atomic E-state index is 12.1. The summed E-state index contributed by atoms with van der Waals surface area (Å²) in [6.07, 6.45) is 0.404. The van der Waals surface area contributed by atoms with Gasteiger partial charge in [-0.25, -0.2) is 4.98 Å². The third-order valence-electron chi connectivity index (χ3n) is 4.21. The Bertz CT molecular complexity index is 853. The number of nitrogens with zero attached hydrogens (tertiary/aromatic N) is 2. The molecule has 0 aliphatic carbocycles. The van der Waals surface area contributed by atoms with Crippen molar-refractivity contribution in [3.63, 3.8) is 0 Å². The monoisotopic (exact) mass is 356 g/mol. The quantitative estimate of drug-likeness (QED) is 0.737. The lowest BCUT2D eigenvalue weighted by Gasteiger charge is -2.25. The van der Waals surface area contributed by atoms with E-state index in [0.29, 0.717) is 6.42 Å². The van der Waals surface area contributed by atoms with Crippen LogP contribution in [0.25, 0.3) is 11.0 Å². The molecule has 2 N–H and O–H groups in total. The fourth-order valence-corrected chi connectivity index (χ4v) is 3.67. The molecule has 0 radical (unpaired) electrons. The van der Waals surface area contributed by atoms with Crippen LogP contribution in [0.4, 0.5) is 5.69 Å². The highest BCUT2D eigenvalue weighted by atomic mass is 32.1. The van der Waals surface area contributed by atoms with Gasteiger partial charge < -0.3 is 15.0 Å². The SMILES string of the molecule is O=C(Cc1cccs1)Nc1ccc2nc(CN3CCOCC3)[nH]c2c1. The van der Waals surface area contributed by atoms with Gasteiger partial charge >= 0.3 is 0 Å². The van der Waals surface area contributed by atoms with E-state index in [0.717, 1.165) is 60.3 Å². The second-order valence-corrected chi connectivity index (χ2v) is 7.14. The number of carbonyl (C=O) groups excluding carboxylic acids is 1. The number of aromatic amines is 1. The Morgan fingerprint density at radius 3 is 3.00 bits per heavy atom. The maximum Gasteiger partial charge on any atom is 0.229 e. The first kappa shape index (κ1) is 16.3. The summed E-state index contributed by atoms with van der Waals surface area (Å²) >= 11 is 1.59. The van der Waals surface area contributed by atoms with E-state index in [2.05, 4.69) is 20.2 Å². The van der Waals surface area contributed by atoms with Crippen LogP contribution >= 0.6 is 11.3 Å². The van der Waals surface area contributed by atoms with Crippen molar-refractivity contribution in [2.24, 2.45) is 0 Å². The van der Waals surface area contributed by atoms with E-state index in [4.69, 9.17) is 4.74 Å². The van der Waals surface area contributed by atoms with E-state index in [1.807, 2.05) is 35.7 Å². The van der Waals surface area contributed by atoms with Crippen molar-refractivity contribution in [2.45, 2.75) is 13.0 Å². The number of nitrogens with one attached hydrogen (secondary N) is 2. The number of amides is 1. The number of carbonyl (C=O) groups is 1. The topological polar surface area (TPSA) is 70.2 Å². The van der Waals surface area contributed by atoms with Gasteiger partial charge in [-0.3, -0.25) is 9.69 Å². The molecule has 0 atom stereocenters. The highest BCUT2D eigenvalue weighted by Crippen LogP contribution is 2.19.